The maximum absolute atomic E-state index is 13.5. The van der Waals surface area contributed by atoms with E-state index in [2.05, 4.69) is 20.8 Å². The molecule has 0 spiro atoms. The summed E-state index contributed by atoms with van der Waals surface area (Å²) in [6, 6.07) is 7.18. The van der Waals surface area contributed by atoms with Gasteiger partial charge in [0.2, 0.25) is 0 Å². The van der Waals surface area contributed by atoms with E-state index in [0.29, 0.717) is 17.7 Å². The van der Waals surface area contributed by atoms with E-state index in [1.165, 1.54) is 51.4 Å². The molecule has 1 rings (SSSR count). The summed E-state index contributed by atoms with van der Waals surface area (Å²) in [5.74, 6) is -0.403. The van der Waals surface area contributed by atoms with Gasteiger partial charge in [-0.15, -0.1) is 0 Å². The van der Waals surface area contributed by atoms with Crippen LogP contribution in [0.5, 0.6) is 0 Å². The third-order valence-corrected chi connectivity index (χ3v) is 6.46. The topological polar surface area (TPSA) is 46.6 Å². The van der Waals surface area contributed by atoms with Crippen molar-refractivity contribution >= 4 is 11.9 Å². The van der Waals surface area contributed by atoms with Crippen LogP contribution in [-0.2, 0) is 4.74 Å². The third kappa shape index (κ3) is 13.2. The second kappa shape index (κ2) is 20.5. The minimum atomic E-state index is -0.375. The van der Waals surface area contributed by atoms with E-state index < -0.39 is 0 Å². The van der Waals surface area contributed by atoms with Crippen LogP contribution in [0.2, 0.25) is 0 Å². The molecule has 0 heterocycles. The number of amides is 1. The van der Waals surface area contributed by atoms with Crippen molar-refractivity contribution in [3.63, 3.8) is 0 Å². The fourth-order valence-corrected chi connectivity index (χ4v) is 4.27. The molecular formula is C30H51NO3. The number of ether oxygens (including phenoxy) is 1. The molecule has 0 N–H and O–H groups in total. The summed E-state index contributed by atoms with van der Waals surface area (Å²) in [6.07, 6.45) is 18.7. The van der Waals surface area contributed by atoms with Crippen LogP contribution in [0.15, 0.2) is 24.3 Å². The highest BCUT2D eigenvalue weighted by atomic mass is 16.5. The highest BCUT2D eigenvalue weighted by molar-refractivity contribution is 6.05. The van der Waals surface area contributed by atoms with Crippen molar-refractivity contribution in [1.82, 2.24) is 4.90 Å². The van der Waals surface area contributed by atoms with Crippen molar-refractivity contribution in [3.8, 4) is 0 Å². The summed E-state index contributed by atoms with van der Waals surface area (Å²) in [6.45, 7) is 8.57. The highest BCUT2D eigenvalue weighted by Crippen LogP contribution is 2.17. The standard InChI is InChI=1S/C30H51NO3/c1-4-7-10-13-15-19-24-31(25-20-16-14-11-8-5-2)29(32)27-22-17-18-23-28(27)30(33)34-26-21-12-9-6-3/h17-18,22-23H,4-16,19-21,24-26H2,1-3H3. The van der Waals surface area contributed by atoms with Gasteiger partial charge in [-0.05, 0) is 31.4 Å². The highest BCUT2D eigenvalue weighted by Gasteiger charge is 2.22. The normalized spacial score (nSPS) is 10.9. The Bertz CT molecular complexity index is 642. The van der Waals surface area contributed by atoms with E-state index in [9.17, 15) is 9.59 Å². The predicted molar refractivity (Wildman–Crippen MR) is 144 cm³/mol. The molecule has 1 aromatic rings. The van der Waals surface area contributed by atoms with Gasteiger partial charge in [-0.1, -0.05) is 116 Å². The summed E-state index contributed by atoms with van der Waals surface area (Å²) in [4.78, 5) is 28.3. The summed E-state index contributed by atoms with van der Waals surface area (Å²) < 4.78 is 5.51. The Morgan fingerprint density at radius 3 is 1.59 bits per heavy atom. The monoisotopic (exact) mass is 473 g/mol. The number of rotatable bonds is 21. The van der Waals surface area contributed by atoms with Crippen molar-refractivity contribution in [2.24, 2.45) is 0 Å². The van der Waals surface area contributed by atoms with Gasteiger partial charge in [-0.2, -0.15) is 0 Å². The Morgan fingerprint density at radius 1 is 0.618 bits per heavy atom. The Hall–Kier alpha value is -1.84. The zero-order valence-corrected chi connectivity index (χ0v) is 22.4. The van der Waals surface area contributed by atoms with E-state index in [1.807, 2.05) is 17.0 Å². The molecule has 0 saturated carbocycles. The second-order valence-electron chi connectivity index (χ2n) is 9.57. The van der Waals surface area contributed by atoms with Crippen LogP contribution >= 0.6 is 0 Å². The van der Waals surface area contributed by atoms with Crippen molar-refractivity contribution in [1.29, 1.82) is 0 Å². The minimum Gasteiger partial charge on any atom is -0.462 e. The van der Waals surface area contributed by atoms with Crippen LogP contribution in [0.1, 0.15) is 144 Å². The molecule has 0 fully saturated rings. The van der Waals surface area contributed by atoms with Crippen LogP contribution in [0.4, 0.5) is 0 Å². The maximum Gasteiger partial charge on any atom is 0.338 e. The first kappa shape index (κ1) is 30.2. The molecular weight excluding hydrogens is 422 g/mol. The number of hydrogen-bond acceptors (Lipinski definition) is 3. The smallest absolute Gasteiger partial charge is 0.338 e. The maximum atomic E-state index is 13.5. The molecule has 1 amide bonds. The van der Waals surface area contributed by atoms with Gasteiger partial charge in [0.25, 0.3) is 5.91 Å². The van der Waals surface area contributed by atoms with Crippen molar-refractivity contribution in [2.45, 2.75) is 124 Å². The van der Waals surface area contributed by atoms with Crippen LogP contribution in [0.3, 0.4) is 0 Å². The Morgan fingerprint density at radius 2 is 1.06 bits per heavy atom. The Balaban J connectivity index is 2.74. The number of carbonyl (C=O) groups excluding carboxylic acids is 2. The van der Waals surface area contributed by atoms with Crippen LogP contribution in [-0.4, -0.2) is 36.5 Å². The molecule has 0 unspecified atom stereocenters. The fourth-order valence-electron chi connectivity index (χ4n) is 4.27. The first-order valence-electron chi connectivity index (χ1n) is 14.2. The number of nitrogens with zero attached hydrogens (tertiary/aromatic N) is 1. The Kier molecular flexibility index (Phi) is 18.2. The van der Waals surface area contributed by atoms with Gasteiger partial charge in [0.1, 0.15) is 0 Å². The number of hydrogen-bond donors (Lipinski definition) is 0. The molecule has 0 aliphatic rings. The molecule has 0 aromatic heterocycles. The van der Waals surface area contributed by atoms with E-state index in [4.69, 9.17) is 4.74 Å². The van der Waals surface area contributed by atoms with Crippen molar-refractivity contribution in [3.05, 3.63) is 35.4 Å². The van der Waals surface area contributed by atoms with E-state index in [-0.39, 0.29) is 11.9 Å². The van der Waals surface area contributed by atoms with E-state index in [1.54, 1.807) is 12.1 Å². The van der Waals surface area contributed by atoms with Gasteiger partial charge >= 0.3 is 5.97 Å². The summed E-state index contributed by atoms with van der Waals surface area (Å²) in [5.41, 5.74) is 0.886. The fraction of sp³-hybridized carbons (Fsp3) is 0.733. The molecule has 0 radical (unpaired) electrons. The van der Waals surface area contributed by atoms with Gasteiger partial charge in [0.15, 0.2) is 0 Å². The number of carbonyl (C=O) groups is 2. The third-order valence-electron chi connectivity index (χ3n) is 6.46. The summed E-state index contributed by atoms with van der Waals surface area (Å²) in [7, 11) is 0. The lowest BCUT2D eigenvalue weighted by molar-refractivity contribution is 0.0490. The first-order chi connectivity index (χ1) is 16.7. The van der Waals surface area contributed by atoms with E-state index >= 15 is 0 Å². The van der Waals surface area contributed by atoms with Gasteiger partial charge < -0.3 is 9.64 Å². The lowest BCUT2D eigenvalue weighted by atomic mass is 10.0. The summed E-state index contributed by atoms with van der Waals surface area (Å²) in [5, 5.41) is 0. The average Bonchev–Trinajstić information content (AvgIpc) is 2.86. The van der Waals surface area contributed by atoms with E-state index in [0.717, 1.165) is 64.5 Å². The molecule has 1 aromatic carbocycles. The molecule has 0 atom stereocenters. The Labute approximate surface area is 209 Å². The molecule has 4 heteroatoms. The minimum absolute atomic E-state index is 0.0272. The average molecular weight is 474 g/mol. The lowest BCUT2D eigenvalue weighted by Gasteiger charge is -2.24. The molecule has 0 aliphatic heterocycles. The molecule has 34 heavy (non-hydrogen) atoms. The van der Waals surface area contributed by atoms with Crippen LogP contribution in [0.25, 0.3) is 0 Å². The molecule has 0 bridgehead atoms. The zero-order valence-electron chi connectivity index (χ0n) is 22.4. The van der Waals surface area contributed by atoms with Gasteiger partial charge in [0, 0.05) is 13.1 Å². The lowest BCUT2D eigenvalue weighted by Crippen LogP contribution is -2.34. The molecule has 4 nitrogen and oxygen atoms in total. The van der Waals surface area contributed by atoms with Crippen molar-refractivity contribution in [2.75, 3.05) is 19.7 Å². The van der Waals surface area contributed by atoms with Crippen molar-refractivity contribution < 1.29 is 14.3 Å². The number of unbranched alkanes of at least 4 members (excludes halogenated alkanes) is 13. The van der Waals surface area contributed by atoms with Crippen LogP contribution < -0.4 is 0 Å². The molecule has 0 saturated heterocycles. The largest absolute Gasteiger partial charge is 0.462 e. The summed E-state index contributed by atoms with van der Waals surface area (Å²) >= 11 is 0. The second-order valence-corrected chi connectivity index (χ2v) is 9.57. The predicted octanol–water partition coefficient (Wildman–Crippen LogP) is 8.59. The molecule has 194 valence electrons. The number of esters is 1. The van der Waals surface area contributed by atoms with Gasteiger partial charge in [0.05, 0.1) is 17.7 Å². The zero-order chi connectivity index (χ0) is 24.9. The SMILES string of the molecule is CCCCCCCCN(CCCCCCCC)C(=O)c1ccccc1C(=O)OCCCCCC. The first-order valence-corrected chi connectivity index (χ1v) is 14.2. The van der Waals surface area contributed by atoms with Gasteiger partial charge in [-0.3, -0.25) is 4.79 Å². The molecule has 0 aliphatic carbocycles. The number of benzene rings is 1. The van der Waals surface area contributed by atoms with Gasteiger partial charge in [-0.25, -0.2) is 4.79 Å². The quantitative estimate of drug-likeness (QED) is 0.133. The van der Waals surface area contributed by atoms with Crippen LogP contribution in [0, 0.1) is 0 Å².